The zero-order chi connectivity index (χ0) is 30.6. The fraction of sp³-hybridized carbons (Fsp3) is 0.485. The number of hydrogen-bond acceptors (Lipinski definition) is 8. The van der Waals surface area contributed by atoms with Gasteiger partial charge in [-0.05, 0) is 75.5 Å². The van der Waals surface area contributed by atoms with E-state index in [2.05, 4.69) is 10.2 Å². The lowest BCUT2D eigenvalue weighted by molar-refractivity contribution is -0.140. The Bertz CT molecular complexity index is 1360. The number of piperidine rings is 1. The summed E-state index contributed by atoms with van der Waals surface area (Å²) in [7, 11) is 1.35. The standard InChI is InChI=1S/C33H42N4O6/c1-24(10-7-9-21-38)33(42)27-22-26(14-15-28(27)35(31(33)41)20-8-6-13-29(39)43-2)36-23-37(25-11-4-3-5-12-25)32(30(36)40)16-18-34-19-17-32/h3-5,7,10-12,14-15,22,24,34,38,42H,6,8-9,13,16-21,23H2,1-2H3/b10-7+/t24-,33+/m1/s1. The Morgan fingerprint density at radius 2 is 1.81 bits per heavy atom. The number of hydrogen-bond donors (Lipinski definition) is 3. The van der Waals surface area contributed by atoms with Gasteiger partial charge in [0.15, 0.2) is 5.60 Å². The fourth-order valence-electron chi connectivity index (χ4n) is 6.65. The summed E-state index contributed by atoms with van der Waals surface area (Å²) >= 11 is 0. The largest absolute Gasteiger partial charge is 0.469 e. The van der Waals surface area contributed by atoms with Crippen molar-refractivity contribution in [2.24, 2.45) is 5.92 Å². The molecule has 3 heterocycles. The van der Waals surface area contributed by atoms with Gasteiger partial charge in [0.25, 0.3) is 11.8 Å². The van der Waals surface area contributed by atoms with E-state index >= 15 is 0 Å². The van der Waals surface area contributed by atoms with E-state index in [9.17, 15) is 24.6 Å². The summed E-state index contributed by atoms with van der Waals surface area (Å²) in [6.45, 7) is 3.92. The van der Waals surface area contributed by atoms with Crippen LogP contribution in [0.2, 0.25) is 0 Å². The van der Waals surface area contributed by atoms with Crippen molar-refractivity contribution in [2.45, 2.75) is 56.6 Å². The monoisotopic (exact) mass is 590 g/mol. The SMILES string of the molecule is COC(=O)CCCCN1C(=O)[C@](O)([C@H](C)/C=C/CCO)c2cc(N3CN(c4ccccc4)C4(CCNCC4)C3=O)ccc21. The van der Waals surface area contributed by atoms with Gasteiger partial charge in [-0.2, -0.15) is 0 Å². The average Bonchev–Trinajstić information content (AvgIpc) is 3.43. The molecule has 1 spiro atoms. The number of ether oxygens (including phenoxy) is 1. The number of carbonyl (C=O) groups is 3. The van der Waals surface area contributed by atoms with E-state index in [1.165, 1.54) is 7.11 Å². The maximum atomic E-state index is 14.3. The molecule has 2 amide bonds. The first-order valence-electron chi connectivity index (χ1n) is 15.2. The van der Waals surface area contributed by atoms with Crippen LogP contribution in [0.4, 0.5) is 17.1 Å². The van der Waals surface area contributed by atoms with Gasteiger partial charge in [0.1, 0.15) is 5.54 Å². The zero-order valence-electron chi connectivity index (χ0n) is 25.0. The molecule has 0 aromatic heterocycles. The minimum Gasteiger partial charge on any atom is -0.469 e. The second-order valence-corrected chi connectivity index (χ2v) is 11.6. The number of carbonyl (C=O) groups excluding carboxylic acids is 3. The van der Waals surface area contributed by atoms with Crippen LogP contribution >= 0.6 is 0 Å². The van der Waals surface area contributed by atoms with Gasteiger partial charge in [-0.1, -0.05) is 37.3 Å². The molecule has 230 valence electrons. The summed E-state index contributed by atoms with van der Waals surface area (Å²) < 4.78 is 4.73. The molecule has 0 aliphatic carbocycles. The number of aliphatic hydroxyl groups excluding tert-OH is 1. The lowest BCUT2D eigenvalue weighted by Crippen LogP contribution is -2.55. The predicted octanol–water partition coefficient (Wildman–Crippen LogP) is 3.07. The minimum absolute atomic E-state index is 0.0150. The minimum atomic E-state index is -1.85. The molecule has 5 rings (SSSR count). The molecule has 2 fully saturated rings. The Balaban J connectivity index is 1.50. The summed E-state index contributed by atoms with van der Waals surface area (Å²) in [5.41, 5.74) is 0.131. The first kappa shape index (κ1) is 30.7. The summed E-state index contributed by atoms with van der Waals surface area (Å²) in [4.78, 5) is 45.3. The Hall–Kier alpha value is -3.73. The highest BCUT2D eigenvalue weighted by Crippen LogP contribution is 2.48. The van der Waals surface area contributed by atoms with E-state index in [1.54, 1.807) is 34.9 Å². The van der Waals surface area contributed by atoms with E-state index in [1.807, 2.05) is 42.5 Å². The highest BCUT2D eigenvalue weighted by molar-refractivity contribution is 6.09. The van der Waals surface area contributed by atoms with Crippen molar-refractivity contribution in [3.63, 3.8) is 0 Å². The van der Waals surface area contributed by atoms with Gasteiger partial charge in [0, 0.05) is 42.4 Å². The Morgan fingerprint density at radius 1 is 1.07 bits per heavy atom. The van der Waals surface area contributed by atoms with E-state index in [4.69, 9.17) is 4.74 Å². The summed E-state index contributed by atoms with van der Waals surface area (Å²) in [5, 5.41) is 24.8. The Kier molecular flexibility index (Phi) is 9.19. The van der Waals surface area contributed by atoms with Gasteiger partial charge in [0.05, 0.1) is 19.5 Å². The van der Waals surface area contributed by atoms with Crippen LogP contribution in [0.1, 0.15) is 51.0 Å². The number of amides is 2. The third-order valence-corrected chi connectivity index (χ3v) is 9.13. The molecular formula is C33H42N4O6. The summed E-state index contributed by atoms with van der Waals surface area (Å²) in [6.07, 6.45) is 6.64. The van der Waals surface area contributed by atoms with Crippen LogP contribution in [-0.4, -0.2) is 73.6 Å². The van der Waals surface area contributed by atoms with Crippen molar-refractivity contribution >= 4 is 34.8 Å². The van der Waals surface area contributed by atoms with Crippen molar-refractivity contribution in [3.8, 4) is 0 Å². The van der Waals surface area contributed by atoms with E-state index in [-0.39, 0.29) is 24.9 Å². The van der Waals surface area contributed by atoms with Crippen LogP contribution in [0.5, 0.6) is 0 Å². The van der Waals surface area contributed by atoms with Gasteiger partial charge in [0.2, 0.25) is 0 Å². The smallest absolute Gasteiger partial charge is 0.305 e. The van der Waals surface area contributed by atoms with Crippen molar-refractivity contribution in [2.75, 3.05) is 54.7 Å². The molecule has 0 radical (unpaired) electrons. The molecule has 3 aliphatic rings. The average molecular weight is 591 g/mol. The number of para-hydroxylation sites is 1. The molecular weight excluding hydrogens is 548 g/mol. The van der Waals surface area contributed by atoms with Crippen LogP contribution < -0.4 is 20.0 Å². The van der Waals surface area contributed by atoms with Crippen LogP contribution in [0.25, 0.3) is 0 Å². The zero-order valence-corrected chi connectivity index (χ0v) is 25.0. The third kappa shape index (κ3) is 5.55. The third-order valence-electron chi connectivity index (χ3n) is 9.13. The molecule has 0 bridgehead atoms. The van der Waals surface area contributed by atoms with E-state index in [0.29, 0.717) is 62.3 Å². The molecule has 2 aromatic rings. The van der Waals surface area contributed by atoms with Crippen molar-refractivity contribution < 1.29 is 29.3 Å². The number of fused-ring (bicyclic) bond motifs is 1. The molecule has 0 saturated carbocycles. The maximum absolute atomic E-state index is 14.3. The van der Waals surface area contributed by atoms with Gasteiger partial charge < -0.3 is 30.1 Å². The van der Waals surface area contributed by atoms with Gasteiger partial charge in [-0.15, -0.1) is 0 Å². The quantitative estimate of drug-likeness (QED) is 0.207. The Morgan fingerprint density at radius 3 is 2.51 bits per heavy atom. The van der Waals surface area contributed by atoms with Crippen LogP contribution in [0, 0.1) is 5.92 Å². The topological polar surface area (TPSA) is 123 Å². The lowest BCUT2D eigenvalue weighted by Gasteiger charge is -2.39. The highest BCUT2D eigenvalue weighted by Gasteiger charge is 2.55. The highest BCUT2D eigenvalue weighted by atomic mass is 16.5. The molecule has 2 saturated heterocycles. The molecule has 10 heteroatoms. The van der Waals surface area contributed by atoms with E-state index < -0.39 is 23.0 Å². The second kappa shape index (κ2) is 12.9. The molecule has 10 nitrogen and oxygen atoms in total. The second-order valence-electron chi connectivity index (χ2n) is 11.6. The van der Waals surface area contributed by atoms with Crippen LogP contribution in [0.15, 0.2) is 60.7 Å². The first-order chi connectivity index (χ1) is 20.8. The van der Waals surface area contributed by atoms with Crippen molar-refractivity contribution in [3.05, 3.63) is 66.2 Å². The van der Waals surface area contributed by atoms with Gasteiger partial charge in [-0.25, -0.2) is 0 Å². The molecule has 3 aliphatic heterocycles. The van der Waals surface area contributed by atoms with Gasteiger partial charge in [-0.3, -0.25) is 19.3 Å². The fourth-order valence-corrected chi connectivity index (χ4v) is 6.65. The lowest BCUT2D eigenvalue weighted by atomic mass is 9.82. The van der Waals surface area contributed by atoms with Crippen LogP contribution in [-0.2, 0) is 24.7 Å². The molecule has 2 atom stereocenters. The number of aliphatic hydroxyl groups is 2. The predicted molar refractivity (Wildman–Crippen MR) is 165 cm³/mol. The number of esters is 1. The number of rotatable bonds is 11. The molecule has 3 N–H and O–H groups in total. The Labute approximate surface area is 252 Å². The molecule has 0 unspecified atom stereocenters. The maximum Gasteiger partial charge on any atom is 0.305 e. The molecule has 2 aromatic carbocycles. The number of nitrogens with zero attached hydrogens (tertiary/aromatic N) is 3. The van der Waals surface area contributed by atoms with Crippen molar-refractivity contribution in [1.29, 1.82) is 0 Å². The van der Waals surface area contributed by atoms with Crippen LogP contribution in [0.3, 0.4) is 0 Å². The first-order valence-corrected chi connectivity index (χ1v) is 15.2. The number of benzene rings is 2. The summed E-state index contributed by atoms with van der Waals surface area (Å²) in [5.74, 6) is -1.32. The van der Waals surface area contributed by atoms with Gasteiger partial charge >= 0.3 is 5.97 Å². The van der Waals surface area contributed by atoms with E-state index in [0.717, 1.165) is 18.8 Å². The summed E-state index contributed by atoms with van der Waals surface area (Å²) in [6, 6.07) is 15.4. The molecule has 43 heavy (non-hydrogen) atoms. The normalized spacial score (nSPS) is 22.1. The number of methoxy groups -OCH3 is 1. The van der Waals surface area contributed by atoms with Crippen molar-refractivity contribution in [1.82, 2.24) is 5.32 Å². The number of unbranched alkanes of at least 4 members (excludes halogenated alkanes) is 1. The number of anilines is 3. The number of nitrogens with one attached hydrogen (secondary N) is 1.